The zero-order valence-corrected chi connectivity index (χ0v) is 18.0. The topological polar surface area (TPSA) is 45.7 Å². The zero-order chi connectivity index (χ0) is 21.1. The van der Waals surface area contributed by atoms with E-state index in [0.717, 1.165) is 24.4 Å². The molecule has 4 rings (SSSR count). The lowest BCUT2D eigenvalue weighted by Gasteiger charge is -2.34. The summed E-state index contributed by atoms with van der Waals surface area (Å²) in [6, 6.07) is 12.1. The highest BCUT2D eigenvalue weighted by atomic mass is 35.5. The molecule has 1 fully saturated rings. The quantitative estimate of drug-likeness (QED) is 0.577. The number of hydrogen-bond donors (Lipinski definition) is 0. The number of ether oxygens (including phenoxy) is 1. The monoisotopic (exact) mass is 445 g/mol. The molecule has 1 aromatic heterocycles. The van der Waals surface area contributed by atoms with E-state index in [4.69, 9.17) is 16.3 Å². The first-order valence-corrected chi connectivity index (χ1v) is 10.9. The molecule has 0 spiro atoms. The Kier molecular flexibility index (Phi) is 6.32. The molecule has 2 heterocycles. The summed E-state index contributed by atoms with van der Waals surface area (Å²) < 4.78 is 19.4. The number of aromatic nitrogens is 1. The van der Waals surface area contributed by atoms with Crippen molar-refractivity contribution in [3.8, 4) is 16.3 Å². The Morgan fingerprint density at radius 1 is 1.20 bits per heavy atom. The lowest BCUT2D eigenvalue weighted by Crippen LogP contribution is -2.48. The van der Waals surface area contributed by atoms with Gasteiger partial charge in [0.2, 0.25) is 0 Å². The van der Waals surface area contributed by atoms with Gasteiger partial charge in [0.05, 0.1) is 7.11 Å². The number of hydrogen-bond acceptors (Lipinski definition) is 5. The van der Waals surface area contributed by atoms with Crippen molar-refractivity contribution in [3.63, 3.8) is 0 Å². The summed E-state index contributed by atoms with van der Waals surface area (Å²) in [6.45, 7) is 3.40. The average Bonchev–Trinajstić information content (AvgIpc) is 3.24. The summed E-state index contributed by atoms with van der Waals surface area (Å²) in [5, 5.41) is 2.89. The smallest absolute Gasteiger partial charge is 0.273 e. The maximum atomic E-state index is 14.0. The van der Waals surface area contributed by atoms with Crippen LogP contribution in [0.2, 0.25) is 5.02 Å². The van der Waals surface area contributed by atoms with E-state index in [9.17, 15) is 9.18 Å². The molecule has 1 aliphatic rings. The number of methoxy groups -OCH3 is 1. The minimum absolute atomic E-state index is 0.117. The molecule has 0 N–H and O–H groups in total. The number of carbonyl (C=O) groups is 1. The Balaban J connectivity index is 1.38. The predicted octanol–water partition coefficient (Wildman–Crippen LogP) is 4.57. The van der Waals surface area contributed by atoms with E-state index >= 15 is 0 Å². The average molecular weight is 446 g/mol. The fourth-order valence-corrected chi connectivity index (χ4v) is 4.53. The molecule has 0 unspecified atom stereocenters. The van der Waals surface area contributed by atoms with Crippen LogP contribution in [0.4, 0.5) is 4.39 Å². The van der Waals surface area contributed by atoms with Crippen molar-refractivity contribution in [2.75, 3.05) is 33.3 Å². The highest BCUT2D eigenvalue weighted by Gasteiger charge is 2.25. The summed E-state index contributed by atoms with van der Waals surface area (Å²) >= 11 is 7.41. The molecule has 30 heavy (non-hydrogen) atoms. The van der Waals surface area contributed by atoms with Gasteiger partial charge >= 0.3 is 0 Å². The molecular formula is C22H21ClFN3O2S. The number of carbonyl (C=O) groups excluding carboxylic acids is 1. The Hall–Kier alpha value is -2.48. The van der Waals surface area contributed by atoms with Gasteiger partial charge in [-0.1, -0.05) is 23.7 Å². The van der Waals surface area contributed by atoms with Gasteiger partial charge in [-0.3, -0.25) is 9.69 Å². The normalized spacial score (nSPS) is 14.7. The molecule has 0 saturated carbocycles. The predicted molar refractivity (Wildman–Crippen MR) is 117 cm³/mol. The van der Waals surface area contributed by atoms with E-state index in [1.54, 1.807) is 35.6 Å². The summed E-state index contributed by atoms with van der Waals surface area (Å²) in [5.74, 6) is 0.353. The van der Waals surface area contributed by atoms with Crippen molar-refractivity contribution in [2.24, 2.45) is 0 Å². The maximum Gasteiger partial charge on any atom is 0.273 e. The fraction of sp³-hybridized carbons (Fsp3) is 0.273. The highest BCUT2D eigenvalue weighted by Crippen LogP contribution is 2.27. The summed E-state index contributed by atoms with van der Waals surface area (Å²) in [4.78, 5) is 21.3. The molecule has 1 amide bonds. The molecular weight excluding hydrogens is 425 g/mol. The number of halogens is 2. The minimum atomic E-state index is -0.337. The number of benzene rings is 2. The third-order valence-corrected chi connectivity index (χ3v) is 6.23. The van der Waals surface area contributed by atoms with Crippen LogP contribution in [0.5, 0.6) is 5.75 Å². The number of nitrogens with zero attached hydrogens (tertiary/aromatic N) is 3. The number of thiazole rings is 1. The lowest BCUT2D eigenvalue weighted by molar-refractivity contribution is 0.0622. The molecule has 0 bridgehead atoms. The van der Waals surface area contributed by atoms with Gasteiger partial charge in [0.25, 0.3) is 5.91 Å². The summed E-state index contributed by atoms with van der Waals surface area (Å²) in [5.41, 5.74) is 1.81. The van der Waals surface area contributed by atoms with Crippen LogP contribution in [0, 0.1) is 5.82 Å². The van der Waals surface area contributed by atoms with Crippen molar-refractivity contribution in [2.45, 2.75) is 6.54 Å². The second kappa shape index (κ2) is 9.12. The van der Waals surface area contributed by atoms with Gasteiger partial charge < -0.3 is 9.64 Å². The van der Waals surface area contributed by atoms with Gasteiger partial charge in [0.15, 0.2) is 0 Å². The SMILES string of the molecule is COc1ccc(Cl)cc1CN1CCN(C(=O)c2csc(-c3ccccc3F)n2)CC1. The molecule has 8 heteroatoms. The van der Waals surface area contributed by atoms with Gasteiger partial charge in [-0.2, -0.15) is 0 Å². The molecule has 156 valence electrons. The van der Waals surface area contributed by atoms with Gasteiger partial charge in [0.1, 0.15) is 22.3 Å². The van der Waals surface area contributed by atoms with E-state index < -0.39 is 0 Å². The van der Waals surface area contributed by atoms with Gasteiger partial charge in [0, 0.05) is 54.3 Å². The van der Waals surface area contributed by atoms with E-state index in [-0.39, 0.29) is 11.7 Å². The molecule has 3 aromatic rings. The molecule has 1 saturated heterocycles. The van der Waals surface area contributed by atoms with Crippen molar-refractivity contribution >= 4 is 28.8 Å². The third-order valence-electron chi connectivity index (χ3n) is 5.12. The largest absolute Gasteiger partial charge is 0.496 e. The van der Waals surface area contributed by atoms with Crippen LogP contribution in [0.3, 0.4) is 0 Å². The van der Waals surface area contributed by atoms with Crippen molar-refractivity contribution in [1.82, 2.24) is 14.8 Å². The molecule has 2 aromatic carbocycles. The van der Waals surface area contributed by atoms with E-state index in [0.29, 0.717) is 40.9 Å². The Morgan fingerprint density at radius 3 is 2.70 bits per heavy atom. The summed E-state index contributed by atoms with van der Waals surface area (Å²) in [7, 11) is 1.65. The van der Waals surface area contributed by atoms with Gasteiger partial charge in [-0.15, -0.1) is 11.3 Å². The van der Waals surface area contributed by atoms with Crippen LogP contribution < -0.4 is 4.74 Å². The molecule has 5 nitrogen and oxygen atoms in total. The second-order valence-electron chi connectivity index (χ2n) is 7.04. The van der Waals surface area contributed by atoms with E-state index in [1.807, 2.05) is 18.2 Å². The summed E-state index contributed by atoms with van der Waals surface area (Å²) in [6.07, 6.45) is 0. The van der Waals surface area contributed by atoms with Gasteiger partial charge in [-0.05, 0) is 30.3 Å². The first-order valence-electron chi connectivity index (χ1n) is 9.59. The number of piperazine rings is 1. The molecule has 0 radical (unpaired) electrons. The van der Waals surface area contributed by atoms with Crippen LogP contribution in [0.15, 0.2) is 47.8 Å². The third kappa shape index (κ3) is 4.48. The van der Waals surface area contributed by atoms with Gasteiger partial charge in [-0.25, -0.2) is 9.37 Å². The standard InChI is InChI=1S/C22H21ClFN3O2S/c1-29-20-7-6-16(23)12-15(20)13-26-8-10-27(11-9-26)22(28)19-14-30-21(25-19)17-4-2-3-5-18(17)24/h2-7,12,14H,8-11,13H2,1H3. The second-order valence-corrected chi connectivity index (χ2v) is 8.34. The van der Waals surface area contributed by atoms with Crippen LogP contribution >= 0.6 is 22.9 Å². The van der Waals surface area contributed by atoms with Crippen molar-refractivity contribution in [3.05, 3.63) is 69.9 Å². The minimum Gasteiger partial charge on any atom is -0.496 e. The fourth-order valence-electron chi connectivity index (χ4n) is 3.51. The van der Waals surface area contributed by atoms with Crippen molar-refractivity contribution < 1.29 is 13.9 Å². The van der Waals surface area contributed by atoms with E-state index in [1.165, 1.54) is 17.4 Å². The first-order chi connectivity index (χ1) is 14.5. The number of amides is 1. The lowest BCUT2D eigenvalue weighted by atomic mass is 10.1. The zero-order valence-electron chi connectivity index (χ0n) is 16.5. The van der Waals surface area contributed by atoms with Crippen molar-refractivity contribution in [1.29, 1.82) is 0 Å². The maximum absolute atomic E-state index is 14.0. The first kappa shape index (κ1) is 20.8. The number of rotatable bonds is 5. The Labute approximate surface area is 183 Å². The molecule has 0 aliphatic carbocycles. The van der Waals surface area contributed by atoms with Crippen LogP contribution in [0.1, 0.15) is 16.1 Å². The molecule has 0 atom stereocenters. The van der Waals surface area contributed by atoms with Crippen LogP contribution in [0.25, 0.3) is 10.6 Å². The molecule has 1 aliphatic heterocycles. The Morgan fingerprint density at radius 2 is 1.97 bits per heavy atom. The van der Waals surface area contributed by atoms with Crippen LogP contribution in [-0.2, 0) is 6.54 Å². The van der Waals surface area contributed by atoms with Crippen LogP contribution in [-0.4, -0.2) is 54.0 Å². The Bertz CT molecular complexity index is 1050. The van der Waals surface area contributed by atoms with E-state index in [2.05, 4.69) is 9.88 Å². The highest BCUT2D eigenvalue weighted by molar-refractivity contribution is 7.13.